The fourth-order valence-electron chi connectivity index (χ4n) is 1.65. The molecule has 3 nitrogen and oxygen atoms in total. The Morgan fingerprint density at radius 3 is 2.89 bits per heavy atom. The highest BCUT2D eigenvalue weighted by atomic mass is 35.5. The molecule has 0 fully saturated rings. The fourth-order valence-corrected chi connectivity index (χ4v) is 1.83. The lowest BCUT2D eigenvalue weighted by atomic mass is 10.1. The summed E-state index contributed by atoms with van der Waals surface area (Å²) in [6.45, 7) is 1.83. The molecule has 0 saturated heterocycles. The van der Waals surface area contributed by atoms with Crippen LogP contribution in [-0.4, -0.2) is 17.3 Å². The van der Waals surface area contributed by atoms with E-state index >= 15 is 0 Å². The summed E-state index contributed by atoms with van der Waals surface area (Å²) in [5.74, 6) is 0.654. The van der Waals surface area contributed by atoms with Crippen LogP contribution in [0.4, 0.5) is 0 Å². The molecule has 1 aromatic heterocycles. The summed E-state index contributed by atoms with van der Waals surface area (Å²) < 4.78 is 10.6. The van der Waals surface area contributed by atoms with Crippen LogP contribution in [-0.2, 0) is 6.42 Å². The first-order valence-electron chi connectivity index (χ1n) is 5.76. The molecule has 0 saturated carbocycles. The Morgan fingerprint density at radius 2 is 2.22 bits per heavy atom. The monoisotopic (exact) mass is 266 g/mol. The molecule has 1 N–H and O–H groups in total. The van der Waals surface area contributed by atoms with Crippen molar-refractivity contribution in [3.63, 3.8) is 0 Å². The van der Waals surface area contributed by atoms with Gasteiger partial charge < -0.3 is 14.3 Å². The van der Waals surface area contributed by atoms with Crippen molar-refractivity contribution in [3.05, 3.63) is 53.4 Å². The second-order valence-corrected chi connectivity index (χ2v) is 4.62. The molecule has 4 heteroatoms. The molecular weight excluding hydrogens is 252 g/mol. The summed E-state index contributed by atoms with van der Waals surface area (Å²) in [4.78, 5) is 0. The van der Waals surface area contributed by atoms with Gasteiger partial charge in [-0.2, -0.15) is 0 Å². The van der Waals surface area contributed by atoms with Gasteiger partial charge >= 0.3 is 0 Å². The lowest BCUT2D eigenvalue weighted by molar-refractivity contribution is 0.0478. The van der Waals surface area contributed by atoms with E-state index in [-0.39, 0.29) is 6.10 Å². The van der Waals surface area contributed by atoms with E-state index in [1.54, 1.807) is 24.7 Å². The molecule has 0 aliphatic carbocycles. The maximum absolute atomic E-state index is 10.0. The van der Waals surface area contributed by atoms with Crippen LogP contribution in [0.15, 0.2) is 47.3 Å². The first-order chi connectivity index (χ1) is 8.65. The van der Waals surface area contributed by atoms with Gasteiger partial charge in [0, 0.05) is 11.4 Å². The topological polar surface area (TPSA) is 42.6 Å². The number of hydrogen-bond donors (Lipinski definition) is 1. The zero-order chi connectivity index (χ0) is 13.0. The highest BCUT2D eigenvalue weighted by molar-refractivity contribution is 6.30. The van der Waals surface area contributed by atoms with E-state index in [0.29, 0.717) is 17.2 Å². The SMILES string of the molecule is CC(Oc1cccc(Cl)c1)C(O)Cc1ccoc1. The molecule has 2 aromatic rings. The maximum atomic E-state index is 10.0. The van der Waals surface area contributed by atoms with Crippen molar-refractivity contribution in [3.8, 4) is 5.75 Å². The van der Waals surface area contributed by atoms with Gasteiger partial charge in [0.2, 0.25) is 0 Å². The highest BCUT2D eigenvalue weighted by Gasteiger charge is 2.17. The van der Waals surface area contributed by atoms with Crippen LogP contribution in [0.1, 0.15) is 12.5 Å². The van der Waals surface area contributed by atoms with Gasteiger partial charge in [-0.15, -0.1) is 0 Å². The third-order valence-electron chi connectivity index (χ3n) is 2.68. The average Bonchev–Trinajstić information content (AvgIpc) is 2.81. The van der Waals surface area contributed by atoms with Gasteiger partial charge in [-0.3, -0.25) is 0 Å². The summed E-state index contributed by atoms with van der Waals surface area (Å²) in [6, 6.07) is 8.96. The van der Waals surface area contributed by atoms with Crippen molar-refractivity contribution in [2.75, 3.05) is 0 Å². The first-order valence-corrected chi connectivity index (χ1v) is 6.14. The van der Waals surface area contributed by atoms with E-state index in [1.807, 2.05) is 25.1 Å². The van der Waals surface area contributed by atoms with Crippen LogP contribution < -0.4 is 4.74 Å². The number of aliphatic hydroxyl groups is 1. The van der Waals surface area contributed by atoms with E-state index in [0.717, 1.165) is 5.56 Å². The van der Waals surface area contributed by atoms with E-state index in [9.17, 15) is 5.11 Å². The van der Waals surface area contributed by atoms with E-state index in [2.05, 4.69) is 0 Å². The highest BCUT2D eigenvalue weighted by Crippen LogP contribution is 2.19. The number of aliphatic hydroxyl groups excluding tert-OH is 1. The molecule has 0 aliphatic rings. The molecule has 18 heavy (non-hydrogen) atoms. The van der Waals surface area contributed by atoms with Crippen molar-refractivity contribution in [2.45, 2.75) is 25.6 Å². The van der Waals surface area contributed by atoms with Crippen molar-refractivity contribution >= 4 is 11.6 Å². The van der Waals surface area contributed by atoms with Crippen LogP contribution in [0.2, 0.25) is 5.02 Å². The molecule has 1 aromatic carbocycles. The Kier molecular flexibility index (Phi) is 4.28. The number of halogens is 1. The van der Waals surface area contributed by atoms with Crippen molar-refractivity contribution in [2.24, 2.45) is 0 Å². The molecule has 1 heterocycles. The third kappa shape index (κ3) is 3.52. The Morgan fingerprint density at radius 1 is 1.39 bits per heavy atom. The van der Waals surface area contributed by atoms with Crippen LogP contribution in [0.5, 0.6) is 5.75 Å². The van der Waals surface area contributed by atoms with Gasteiger partial charge in [0.1, 0.15) is 11.9 Å². The molecular formula is C14H15ClO3. The molecule has 96 valence electrons. The number of hydrogen-bond acceptors (Lipinski definition) is 3. The number of furan rings is 1. The van der Waals surface area contributed by atoms with Gasteiger partial charge in [0.05, 0.1) is 18.6 Å². The van der Waals surface area contributed by atoms with Crippen molar-refractivity contribution in [1.82, 2.24) is 0 Å². The van der Waals surface area contributed by atoms with Crippen LogP contribution in [0, 0.1) is 0 Å². The molecule has 0 spiro atoms. The molecule has 2 rings (SSSR count). The third-order valence-corrected chi connectivity index (χ3v) is 2.92. The predicted octanol–water partition coefficient (Wildman–Crippen LogP) is 3.30. The average molecular weight is 267 g/mol. The van der Waals surface area contributed by atoms with E-state index in [4.69, 9.17) is 20.8 Å². The number of rotatable bonds is 5. The van der Waals surface area contributed by atoms with Crippen molar-refractivity contribution in [1.29, 1.82) is 0 Å². The second-order valence-electron chi connectivity index (χ2n) is 4.18. The van der Waals surface area contributed by atoms with Gasteiger partial charge in [-0.05, 0) is 36.8 Å². The maximum Gasteiger partial charge on any atom is 0.122 e. The molecule has 2 atom stereocenters. The first kappa shape index (κ1) is 13.0. The summed E-state index contributed by atoms with van der Waals surface area (Å²) in [7, 11) is 0. The van der Waals surface area contributed by atoms with Crippen LogP contribution in [0.3, 0.4) is 0 Å². The summed E-state index contributed by atoms with van der Waals surface area (Å²) in [5, 5.41) is 10.6. The zero-order valence-corrected chi connectivity index (χ0v) is 10.8. The summed E-state index contributed by atoms with van der Waals surface area (Å²) in [5.41, 5.74) is 0.948. The Labute approximate surface area is 111 Å². The standard InChI is InChI=1S/C14H15ClO3/c1-10(14(16)7-11-5-6-17-9-11)18-13-4-2-3-12(15)8-13/h2-6,8-10,14,16H,7H2,1H3. The largest absolute Gasteiger partial charge is 0.488 e. The van der Waals surface area contributed by atoms with E-state index < -0.39 is 6.10 Å². The minimum Gasteiger partial charge on any atom is -0.488 e. The van der Waals surface area contributed by atoms with Gasteiger partial charge in [0.15, 0.2) is 0 Å². The molecule has 0 radical (unpaired) electrons. The molecule has 0 amide bonds. The minimum absolute atomic E-state index is 0.321. The van der Waals surface area contributed by atoms with Crippen LogP contribution >= 0.6 is 11.6 Å². The predicted molar refractivity (Wildman–Crippen MR) is 70.0 cm³/mol. The smallest absolute Gasteiger partial charge is 0.122 e. The van der Waals surface area contributed by atoms with Gasteiger partial charge in [-0.1, -0.05) is 17.7 Å². The lowest BCUT2D eigenvalue weighted by Crippen LogP contribution is -2.30. The zero-order valence-electron chi connectivity index (χ0n) is 10.0. The van der Waals surface area contributed by atoms with Crippen molar-refractivity contribution < 1.29 is 14.3 Å². The Hall–Kier alpha value is -1.45. The molecule has 0 bridgehead atoms. The lowest BCUT2D eigenvalue weighted by Gasteiger charge is -2.20. The normalized spacial score (nSPS) is 14.2. The van der Waals surface area contributed by atoms with Gasteiger partial charge in [0.25, 0.3) is 0 Å². The number of ether oxygens (including phenoxy) is 1. The van der Waals surface area contributed by atoms with Crippen LogP contribution in [0.25, 0.3) is 0 Å². The van der Waals surface area contributed by atoms with Gasteiger partial charge in [-0.25, -0.2) is 0 Å². The fraction of sp³-hybridized carbons (Fsp3) is 0.286. The Balaban J connectivity index is 1.93. The quantitative estimate of drug-likeness (QED) is 0.903. The minimum atomic E-state index is -0.596. The van der Waals surface area contributed by atoms with E-state index in [1.165, 1.54) is 0 Å². The Bertz CT molecular complexity index is 482. The number of benzene rings is 1. The summed E-state index contributed by atoms with van der Waals surface area (Å²) in [6.07, 6.45) is 2.79. The second kappa shape index (κ2) is 5.94. The molecule has 2 unspecified atom stereocenters. The molecule has 0 aliphatic heterocycles. The summed E-state index contributed by atoms with van der Waals surface area (Å²) >= 11 is 5.87.